The van der Waals surface area contributed by atoms with E-state index in [1.807, 2.05) is 18.7 Å². The number of aromatic nitrogens is 1. The normalized spacial score (nSPS) is 20.0. The van der Waals surface area contributed by atoms with Crippen molar-refractivity contribution in [2.45, 2.75) is 50.5 Å². The first-order valence-electron chi connectivity index (χ1n) is 11.8. The SMILES string of the molecule is Cc1ccc(S(=O)(=O)N2CCCCC2C)cc1C(=O)N1CCCN(c2ncccc2C#N)CC1. The van der Waals surface area contributed by atoms with Gasteiger partial charge in [0.1, 0.15) is 11.9 Å². The van der Waals surface area contributed by atoms with Crippen LogP contribution in [-0.2, 0) is 10.0 Å². The third-order valence-electron chi connectivity index (χ3n) is 6.78. The molecular formula is C25H31N5O3S. The Morgan fingerprint density at radius 2 is 1.91 bits per heavy atom. The van der Waals surface area contributed by atoms with Crippen LogP contribution in [0.5, 0.6) is 0 Å². The van der Waals surface area contributed by atoms with E-state index >= 15 is 0 Å². The van der Waals surface area contributed by atoms with Crippen molar-refractivity contribution < 1.29 is 13.2 Å². The summed E-state index contributed by atoms with van der Waals surface area (Å²) in [6.07, 6.45) is 5.14. The molecule has 0 radical (unpaired) electrons. The van der Waals surface area contributed by atoms with Crippen LogP contribution in [0.2, 0.25) is 0 Å². The second-order valence-corrected chi connectivity index (χ2v) is 10.9. The summed E-state index contributed by atoms with van der Waals surface area (Å²) in [6, 6.07) is 10.5. The Kier molecular flexibility index (Phi) is 7.19. The minimum Gasteiger partial charge on any atom is -0.354 e. The number of piperidine rings is 1. The number of sulfonamides is 1. The van der Waals surface area contributed by atoms with E-state index in [0.717, 1.165) is 31.2 Å². The molecule has 2 saturated heterocycles. The number of hydrogen-bond acceptors (Lipinski definition) is 6. The van der Waals surface area contributed by atoms with Gasteiger partial charge in [-0.25, -0.2) is 13.4 Å². The maximum atomic E-state index is 13.5. The highest BCUT2D eigenvalue weighted by Crippen LogP contribution is 2.27. The van der Waals surface area contributed by atoms with E-state index in [-0.39, 0.29) is 16.8 Å². The average molecular weight is 482 g/mol. The lowest BCUT2D eigenvalue weighted by molar-refractivity contribution is 0.0766. The summed E-state index contributed by atoms with van der Waals surface area (Å²) in [4.78, 5) is 21.9. The molecule has 180 valence electrons. The van der Waals surface area contributed by atoms with E-state index in [4.69, 9.17) is 0 Å². The molecule has 0 bridgehead atoms. The Labute approximate surface area is 201 Å². The second kappa shape index (κ2) is 10.1. The number of aryl methyl sites for hydroxylation is 1. The Hall–Kier alpha value is -2.96. The van der Waals surface area contributed by atoms with E-state index in [0.29, 0.717) is 49.7 Å². The number of rotatable bonds is 4. The van der Waals surface area contributed by atoms with Crippen LogP contribution in [0.15, 0.2) is 41.4 Å². The number of pyridine rings is 1. The fourth-order valence-electron chi connectivity index (χ4n) is 4.80. The van der Waals surface area contributed by atoms with E-state index in [1.54, 1.807) is 45.7 Å². The molecule has 2 aliphatic rings. The molecule has 1 unspecified atom stereocenters. The van der Waals surface area contributed by atoms with Gasteiger partial charge in [-0.2, -0.15) is 9.57 Å². The standard InChI is InChI=1S/C25H31N5O3S/c1-19-9-10-22(34(32,33)30-14-4-3-7-20(30)2)17-23(19)25(31)29-13-6-12-28(15-16-29)24-21(18-26)8-5-11-27-24/h5,8-11,17,20H,3-4,6-7,12-16H2,1-2H3. The largest absolute Gasteiger partial charge is 0.354 e. The zero-order valence-corrected chi connectivity index (χ0v) is 20.6. The van der Waals surface area contributed by atoms with Gasteiger partial charge in [0.2, 0.25) is 10.0 Å². The lowest BCUT2D eigenvalue weighted by Crippen LogP contribution is -2.42. The highest BCUT2D eigenvalue weighted by Gasteiger charge is 2.32. The number of hydrogen-bond donors (Lipinski definition) is 0. The summed E-state index contributed by atoms with van der Waals surface area (Å²) in [5.74, 6) is 0.476. The molecule has 0 spiro atoms. The van der Waals surface area contributed by atoms with Gasteiger partial charge in [-0.05, 0) is 62.9 Å². The van der Waals surface area contributed by atoms with Gasteiger partial charge in [-0.3, -0.25) is 4.79 Å². The van der Waals surface area contributed by atoms with Crippen molar-refractivity contribution in [2.24, 2.45) is 0 Å². The molecule has 1 aromatic heterocycles. The van der Waals surface area contributed by atoms with Crippen LogP contribution in [0.3, 0.4) is 0 Å². The molecule has 0 aliphatic carbocycles. The number of benzene rings is 1. The lowest BCUT2D eigenvalue weighted by Gasteiger charge is -2.32. The number of carbonyl (C=O) groups excluding carboxylic acids is 1. The van der Waals surface area contributed by atoms with Crippen molar-refractivity contribution in [1.82, 2.24) is 14.2 Å². The molecule has 1 atom stereocenters. The van der Waals surface area contributed by atoms with Gasteiger partial charge < -0.3 is 9.80 Å². The van der Waals surface area contributed by atoms with Crippen LogP contribution >= 0.6 is 0 Å². The lowest BCUT2D eigenvalue weighted by atomic mass is 10.1. The van der Waals surface area contributed by atoms with Crippen LogP contribution in [0, 0.1) is 18.3 Å². The third kappa shape index (κ3) is 4.79. The number of nitriles is 1. The Morgan fingerprint density at radius 3 is 2.68 bits per heavy atom. The van der Waals surface area contributed by atoms with Gasteiger partial charge in [0.25, 0.3) is 5.91 Å². The maximum Gasteiger partial charge on any atom is 0.254 e. The van der Waals surface area contributed by atoms with Gasteiger partial charge in [0, 0.05) is 50.5 Å². The van der Waals surface area contributed by atoms with E-state index in [9.17, 15) is 18.5 Å². The predicted octanol–water partition coefficient (Wildman–Crippen LogP) is 3.18. The van der Waals surface area contributed by atoms with Crippen LogP contribution in [-0.4, -0.2) is 67.3 Å². The highest BCUT2D eigenvalue weighted by molar-refractivity contribution is 7.89. The Morgan fingerprint density at radius 1 is 1.09 bits per heavy atom. The molecule has 0 saturated carbocycles. The fourth-order valence-corrected chi connectivity index (χ4v) is 6.52. The van der Waals surface area contributed by atoms with Crippen molar-refractivity contribution in [3.05, 3.63) is 53.2 Å². The van der Waals surface area contributed by atoms with Crippen LogP contribution in [0.1, 0.15) is 54.1 Å². The molecule has 2 fully saturated rings. The first-order chi connectivity index (χ1) is 16.3. The minimum absolute atomic E-state index is 0.0410. The molecule has 0 N–H and O–H groups in total. The summed E-state index contributed by atoms with van der Waals surface area (Å²) in [7, 11) is -3.66. The van der Waals surface area contributed by atoms with Crippen molar-refractivity contribution in [2.75, 3.05) is 37.6 Å². The maximum absolute atomic E-state index is 13.5. The van der Waals surface area contributed by atoms with E-state index < -0.39 is 10.0 Å². The highest BCUT2D eigenvalue weighted by atomic mass is 32.2. The van der Waals surface area contributed by atoms with E-state index in [1.165, 1.54) is 0 Å². The van der Waals surface area contributed by atoms with Gasteiger partial charge in [0.15, 0.2) is 0 Å². The van der Waals surface area contributed by atoms with Crippen molar-refractivity contribution in [3.63, 3.8) is 0 Å². The molecule has 9 heteroatoms. The number of amides is 1. The first-order valence-corrected chi connectivity index (χ1v) is 13.3. The molecule has 4 rings (SSSR count). The topological polar surface area (TPSA) is 97.6 Å². The predicted molar refractivity (Wildman–Crippen MR) is 130 cm³/mol. The number of nitrogens with zero attached hydrogens (tertiary/aromatic N) is 5. The molecule has 2 aromatic rings. The number of carbonyl (C=O) groups is 1. The monoisotopic (exact) mass is 481 g/mol. The number of anilines is 1. The first kappa shape index (κ1) is 24.2. The van der Waals surface area contributed by atoms with Gasteiger partial charge in [-0.15, -0.1) is 0 Å². The molecule has 8 nitrogen and oxygen atoms in total. The quantitative estimate of drug-likeness (QED) is 0.665. The van der Waals surface area contributed by atoms with E-state index in [2.05, 4.69) is 11.1 Å². The zero-order valence-electron chi connectivity index (χ0n) is 19.8. The van der Waals surface area contributed by atoms with Gasteiger partial charge in [0.05, 0.1) is 10.5 Å². The smallest absolute Gasteiger partial charge is 0.254 e. The summed E-state index contributed by atoms with van der Waals surface area (Å²) < 4.78 is 28.2. The molecule has 2 aliphatic heterocycles. The van der Waals surface area contributed by atoms with Crippen molar-refractivity contribution in [1.29, 1.82) is 5.26 Å². The van der Waals surface area contributed by atoms with Crippen molar-refractivity contribution in [3.8, 4) is 6.07 Å². The minimum atomic E-state index is -3.66. The molecular weight excluding hydrogens is 450 g/mol. The summed E-state index contributed by atoms with van der Waals surface area (Å²) >= 11 is 0. The Balaban J connectivity index is 1.55. The van der Waals surface area contributed by atoms with Crippen LogP contribution in [0.25, 0.3) is 0 Å². The summed E-state index contributed by atoms with van der Waals surface area (Å²) in [5, 5.41) is 9.41. The molecule has 34 heavy (non-hydrogen) atoms. The van der Waals surface area contributed by atoms with Crippen molar-refractivity contribution >= 4 is 21.7 Å². The third-order valence-corrected chi connectivity index (χ3v) is 8.79. The average Bonchev–Trinajstić information content (AvgIpc) is 3.10. The molecule has 3 heterocycles. The second-order valence-electron chi connectivity index (χ2n) is 9.06. The Bertz CT molecular complexity index is 1210. The molecule has 1 amide bonds. The summed E-state index contributed by atoms with van der Waals surface area (Å²) in [6.45, 7) is 6.57. The van der Waals surface area contributed by atoms with Gasteiger partial charge in [-0.1, -0.05) is 12.5 Å². The fraction of sp³-hybridized carbons (Fsp3) is 0.480. The van der Waals surface area contributed by atoms with Gasteiger partial charge >= 0.3 is 0 Å². The van der Waals surface area contributed by atoms with Crippen LogP contribution < -0.4 is 4.90 Å². The van der Waals surface area contributed by atoms with Crippen LogP contribution in [0.4, 0.5) is 5.82 Å². The molecule has 1 aromatic carbocycles. The zero-order chi connectivity index (χ0) is 24.3. The summed E-state index contributed by atoms with van der Waals surface area (Å²) in [5.41, 5.74) is 1.70.